The minimum atomic E-state index is -0.394. The van der Waals surface area contributed by atoms with Gasteiger partial charge in [0.1, 0.15) is 5.82 Å². The van der Waals surface area contributed by atoms with Crippen LogP contribution >= 0.6 is 0 Å². The third-order valence-corrected chi connectivity index (χ3v) is 2.77. The number of aliphatic hydroxyl groups excluding tert-OH is 1. The van der Waals surface area contributed by atoms with Crippen molar-refractivity contribution in [2.24, 2.45) is 7.05 Å². The summed E-state index contributed by atoms with van der Waals surface area (Å²) in [5.74, 6) is 1.08. The summed E-state index contributed by atoms with van der Waals surface area (Å²) >= 11 is 0. The Hall–Kier alpha value is -1.55. The van der Waals surface area contributed by atoms with Crippen molar-refractivity contribution in [1.29, 1.82) is 0 Å². The summed E-state index contributed by atoms with van der Waals surface area (Å²) < 4.78 is 4.11. The number of rotatable bonds is 4. The number of aryl methyl sites for hydroxylation is 3. The van der Waals surface area contributed by atoms with Gasteiger partial charge in [0.15, 0.2) is 0 Å². The van der Waals surface area contributed by atoms with E-state index in [2.05, 4.69) is 9.55 Å². The molecule has 1 unspecified atom stereocenters. The Labute approximate surface area is 95.2 Å². The summed E-state index contributed by atoms with van der Waals surface area (Å²) in [6, 6.07) is 1.95. The van der Waals surface area contributed by atoms with Crippen LogP contribution in [0.25, 0.3) is 0 Å². The van der Waals surface area contributed by atoms with E-state index >= 15 is 0 Å². The molecule has 1 atom stereocenters. The van der Waals surface area contributed by atoms with E-state index in [1.807, 2.05) is 42.5 Å². The predicted octanol–water partition coefficient (Wildman–Crippen LogP) is 1.52. The second-order valence-corrected chi connectivity index (χ2v) is 4.06. The molecule has 0 radical (unpaired) electrons. The maximum absolute atomic E-state index is 9.40. The van der Waals surface area contributed by atoms with Gasteiger partial charge in [-0.25, -0.2) is 4.98 Å². The van der Waals surface area contributed by atoms with E-state index in [-0.39, 0.29) is 0 Å². The number of hydrogen-bond acceptors (Lipinski definition) is 2. The monoisotopic (exact) mass is 219 g/mol. The molecule has 0 spiro atoms. The maximum Gasteiger partial charge on any atom is 0.110 e. The molecule has 0 saturated heterocycles. The van der Waals surface area contributed by atoms with Gasteiger partial charge in [-0.2, -0.15) is 0 Å². The van der Waals surface area contributed by atoms with Gasteiger partial charge in [-0.15, -0.1) is 0 Å². The maximum atomic E-state index is 9.40. The van der Waals surface area contributed by atoms with Crippen LogP contribution in [-0.4, -0.2) is 19.2 Å². The molecule has 16 heavy (non-hydrogen) atoms. The van der Waals surface area contributed by atoms with Gasteiger partial charge < -0.3 is 14.2 Å². The standard InChI is InChI=1S/C12H17N3O/c1-10(16)11-3-6-15(9-11)7-4-12-13-5-8-14(12)2/h3,5-6,8-10,16H,4,7H2,1-2H3. The van der Waals surface area contributed by atoms with Crippen molar-refractivity contribution < 1.29 is 5.11 Å². The third-order valence-electron chi connectivity index (χ3n) is 2.77. The number of aromatic nitrogens is 3. The van der Waals surface area contributed by atoms with E-state index < -0.39 is 6.10 Å². The molecule has 2 aromatic rings. The summed E-state index contributed by atoms with van der Waals surface area (Å²) in [6.45, 7) is 2.66. The normalized spacial score (nSPS) is 12.9. The minimum absolute atomic E-state index is 0.394. The van der Waals surface area contributed by atoms with Crippen molar-refractivity contribution in [3.8, 4) is 0 Å². The fourth-order valence-corrected chi connectivity index (χ4v) is 1.71. The first-order valence-corrected chi connectivity index (χ1v) is 5.47. The first-order valence-electron chi connectivity index (χ1n) is 5.47. The molecule has 0 aromatic carbocycles. The van der Waals surface area contributed by atoms with E-state index in [1.54, 1.807) is 6.92 Å². The third kappa shape index (κ3) is 2.33. The summed E-state index contributed by atoms with van der Waals surface area (Å²) in [5, 5.41) is 9.40. The Balaban J connectivity index is 1.97. The molecule has 0 fully saturated rings. The highest BCUT2D eigenvalue weighted by atomic mass is 16.3. The molecule has 0 aliphatic carbocycles. The van der Waals surface area contributed by atoms with Crippen LogP contribution in [0.4, 0.5) is 0 Å². The number of hydrogen-bond donors (Lipinski definition) is 1. The number of aliphatic hydroxyl groups is 1. The van der Waals surface area contributed by atoms with Gasteiger partial charge in [-0.3, -0.25) is 0 Å². The largest absolute Gasteiger partial charge is 0.389 e. The lowest BCUT2D eigenvalue weighted by atomic mass is 10.2. The highest BCUT2D eigenvalue weighted by Gasteiger charge is 2.04. The lowest BCUT2D eigenvalue weighted by molar-refractivity contribution is 0.199. The SMILES string of the molecule is CC(O)c1ccn(CCc2nccn2C)c1. The molecule has 2 heterocycles. The molecule has 4 heteroatoms. The van der Waals surface area contributed by atoms with Gasteiger partial charge in [-0.1, -0.05) is 0 Å². The number of imidazole rings is 1. The van der Waals surface area contributed by atoms with E-state index in [0.717, 1.165) is 24.4 Å². The van der Waals surface area contributed by atoms with Crippen LogP contribution in [-0.2, 0) is 20.0 Å². The summed E-state index contributed by atoms with van der Waals surface area (Å²) in [7, 11) is 2.00. The Kier molecular flexibility index (Phi) is 3.10. The van der Waals surface area contributed by atoms with Crippen molar-refractivity contribution >= 4 is 0 Å². The van der Waals surface area contributed by atoms with E-state index in [0.29, 0.717) is 0 Å². The van der Waals surface area contributed by atoms with Crippen LogP contribution < -0.4 is 0 Å². The van der Waals surface area contributed by atoms with Crippen molar-refractivity contribution in [3.63, 3.8) is 0 Å². The lowest BCUT2D eigenvalue weighted by Gasteiger charge is -2.04. The predicted molar refractivity (Wildman–Crippen MR) is 62.0 cm³/mol. The second-order valence-electron chi connectivity index (χ2n) is 4.06. The molecule has 0 amide bonds. The molecule has 0 saturated carbocycles. The summed E-state index contributed by atoms with van der Waals surface area (Å²) in [6.07, 6.45) is 8.24. The zero-order valence-electron chi connectivity index (χ0n) is 9.67. The van der Waals surface area contributed by atoms with Crippen molar-refractivity contribution in [1.82, 2.24) is 14.1 Å². The second kappa shape index (κ2) is 4.53. The Morgan fingerprint density at radius 1 is 1.44 bits per heavy atom. The van der Waals surface area contributed by atoms with Gasteiger partial charge in [0.05, 0.1) is 6.10 Å². The molecule has 1 N–H and O–H groups in total. The Morgan fingerprint density at radius 3 is 2.81 bits per heavy atom. The quantitative estimate of drug-likeness (QED) is 0.847. The molecular formula is C12H17N3O. The highest BCUT2D eigenvalue weighted by Crippen LogP contribution is 2.12. The molecule has 2 rings (SSSR count). The van der Waals surface area contributed by atoms with E-state index in [9.17, 15) is 5.11 Å². The zero-order valence-corrected chi connectivity index (χ0v) is 9.67. The van der Waals surface area contributed by atoms with Crippen LogP contribution in [0.2, 0.25) is 0 Å². The van der Waals surface area contributed by atoms with Crippen LogP contribution in [0.15, 0.2) is 30.9 Å². The molecule has 0 aliphatic rings. The molecule has 2 aromatic heterocycles. The molecule has 0 aliphatic heterocycles. The first-order chi connectivity index (χ1) is 7.66. The zero-order chi connectivity index (χ0) is 11.5. The summed E-state index contributed by atoms with van der Waals surface area (Å²) in [4.78, 5) is 4.27. The van der Waals surface area contributed by atoms with Crippen LogP contribution in [0.1, 0.15) is 24.4 Å². The van der Waals surface area contributed by atoms with E-state index in [4.69, 9.17) is 0 Å². The van der Waals surface area contributed by atoms with Gasteiger partial charge in [-0.05, 0) is 18.6 Å². The molecule has 4 nitrogen and oxygen atoms in total. The van der Waals surface area contributed by atoms with Crippen LogP contribution in [0.3, 0.4) is 0 Å². The van der Waals surface area contributed by atoms with Gasteiger partial charge in [0.25, 0.3) is 0 Å². The smallest absolute Gasteiger partial charge is 0.110 e. The van der Waals surface area contributed by atoms with Gasteiger partial charge in [0, 0.05) is 44.8 Å². The topological polar surface area (TPSA) is 43.0 Å². The average molecular weight is 219 g/mol. The van der Waals surface area contributed by atoms with Crippen molar-refractivity contribution in [3.05, 3.63) is 42.2 Å². The molecule has 86 valence electrons. The number of nitrogens with zero attached hydrogens (tertiary/aromatic N) is 3. The molecule has 0 bridgehead atoms. The fourth-order valence-electron chi connectivity index (χ4n) is 1.71. The van der Waals surface area contributed by atoms with Crippen molar-refractivity contribution in [2.45, 2.75) is 26.0 Å². The minimum Gasteiger partial charge on any atom is -0.389 e. The van der Waals surface area contributed by atoms with Crippen LogP contribution in [0, 0.1) is 0 Å². The summed E-state index contributed by atoms with van der Waals surface area (Å²) in [5.41, 5.74) is 0.958. The highest BCUT2D eigenvalue weighted by molar-refractivity contribution is 5.12. The van der Waals surface area contributed by atoms with Crippen molar-refractivity contribution in [2.75, 3.05) is 0 Å². The molecular weight excluding hydrogens is 202 g/mol. The van der Waals surface area contributed by atoms with Crippen LogP contribution in [0.5, 0.6) is 0 Å². The Bertz CT molecular complexity index is 456. The van der Waals surface area contributed by atoms with E-state index in [1.165, 1.54) is 0 Å². The van der Waals surface area contributed by atoms with Gasteiger partial charge in [0.2, 0.25) is 0 Å². The lowest BCUT2D eigenvalue weighted by Crippen LogP contribution is -2.04. The fraction of sp³-hybridized carbons (Fsp3) is 0.417. The van der Waals surface area contributed by atoms with Gasteiger partial charge >= 0.3 is 0 Å². The first kappa shape index (κ1) is 11.0. The average Bonchev–Trinajstić information content (AvgIpc) is 2.83. The Morgan fingerprint density at radius 2 is 2.25 bits per heavy atom.